The number of nitrogens with one attached hydrogen (secondary N) is 2. The van der Waals surface area contributed by atoms with Crippen LogP contribution in [0.2, 0.25) is 0 Å². The second-order valence-corrected chi connectivity index (χ2v) is 7.74. The Bertz CT molecular complexity index is 841. The van der Waals surface area contributed by atoms with Crippen molar-refractivity contribution in [3.63, 3.8) is 0 Å². The van der Waals surface area contributed by atoms with Crippen LogP contribution in [0.5, 0.6) is 5.75 Å². The van der Waals surface area contributed by atoms with Crippen molar-refractivity contribution in [3.05, 3.63) is 41.2 Å². The van der Waals surface area contributed by atoms with Crippen LogP contribution >= 0.6 is 0 Å². The number of H-pyrrole nitrogens is 1. The molecular formula is C16H19N3O4S. The molecule has 1 heterocycles. The second kappa shape index (κ2) is 6.64. The van der Waals surface area contributed by atoms with E-state index in [-0.39, 0.29) is 23.1 Å². The van der Waals surface area contributed by atoms with Crippen molar-refractivity contribution in [2.45, 2.75) is 24.2 Å². The topological polar surface area (TPSA) is 101 Å². The summed E-state index contributed by atoms with van der Waals surface area (Å²) in [6, 6.07) is 6.18. The highest BCUT2D eigenvalue weighted by Gasteiger charge is 2.23. The summed E-state index contributed by atoms with van der Waals surface area (Å²) in [6.45, 7) is 0.0365. The minimum atomic E-state index is -3.46. The maximum atomic E-state index is 12.3. The predicted octanol–water partition coefficient (Wildman–Crippen LogP) is 1.11. The first-order chi connectivity index (χ1) is 11.5. The summed E-state index contributed by atoms with van der Waals surface area (Å²) in [5, 5.41) is 9.54. The van der Waals surface area contributed by atoms with Gasteiger partial charge in [-0.1, -0.05) is 0 Å². The van der Waals surface area contributed by atoms with E-state index in [1.165, 1.54) is 19.2 Å². The fourth-order valence-electron chi connectivity index (χ4n) is 2.79. The van der Waals surface area contributed by atoms with Gasteiger partial charge in [-0.25, -0.2) is 8.42 Å². The molecule has 1 amide bonds. The first-order valence-electron chi connectivity index (χ1n) is 7.72. The van der Waals surface area contributed by atoms with E-state index in [4.69, 9.17) is 4.74 Å². The molecule has 128 valence electrons. The van der Waals surface area contributed by atoms with Crippen LogP contribution in [0.1, 0.15) is 28.2 Å². The Labute approximate surface area is 140 Å². The Balaban J connectivity index is 1.59. The van der Waals surface area contributed by atoms with Crippen LogP contribution in [0.25, 0.3) is 0 Å². The van der Waals surface area contributed by atoms with E-state index in [0.29, 0.717) is 11.4 Å². The van der Waals surface area contributed by atoms with Gasteiger partial charge in [0.05, 0.1) is 17.8 Å². The summed E-state index contributed by atoms with van der Waals surface area (Å²) in [5.74, 6) is 0.0893. The van der Waals surface area contributed by atoms with Crippen LogP contribution in [0.4, 0.5) is 0 Å². The summed E-state index contributed by atoms with van der Waals surface area (Å²) in [6.07, 6.45) is 2.75. The lowest BCUT2D eigenvalue weighted by Crippen LogP contribution is -2.30. The number of sulfone groups is 1. The lowest BCUT2D eigenvalue weighted by Gasteiger charge is -2.07. The van der Waals surface area contributed by atoms with Gasteiger partial charge in [-0.3, -0.25) is 9.89 Å². The van der Waals surface area contributed by atoms with Crippen LogP contribution in [0.3, 0.4) is 0 Å². The van der Waals surface area contributed by atoms with E-state index >= 15 is 0 Å². The molecule has 1 aliphatic carbocycles. The van der Waals surface area contributed by atoms with Gasteiger partial charge in [-0.05, 0) is 43.5 Å². The van der Waals surface area contributed by atoms with E-state index in [1.807, 2.05) is 0 Å². The van der Waals surface area contributed by atoms with Crippen molar-refractivity contribution in [1.29, 1.82) is 0 Å². The molecule has 0 spiro atoms. The number of carbonyl (C=O) groups is 1. The Morgan fingerprint density at radius 1 is 1.29 bits per heavy atom. The molecule has 2 aromatic rings. The first-order valence-corrected chi connectivity index (χ1v) is 9.37. The van der Waals surface area contributed by atoms with Crippen molar-refractivity contribution in [2.24, 2.45) is 0 Å². The van der Waals surface area contributed by atoms with Gasteiger partial charge in [0.15, 0.2) is 15.5 Å². The monoisotopic (exact) mass is 349 g/mol. The van der Waals surface area contributed by atoms with Crippen LogP contribution in [-0.2, 0) is 22.7 Å². The molecule has 0 atom stereocenters. The maximum absolute atomic E-state index is 12.3. The van der Waals surface area contributed by atoms with Gasteiger partial charge in [-0.15, -0.1) is 0 Å². The number of aryl methyl sites for hydroxylation is 1. The highest BCUT2D eigenvalue weighted by atomic mass is 32.2. The molecule has 0 fully saturated rings. The van der Waals surface area contributed by atoms with Gasteiger partial charge in [0, 0.05) is 17.8 Å². The number of aromatic nitrogens is 2. The zero-order valence-electron chi connectivity index (χ0n) is 13.3. The number of methoxy groups -OCH3 is 1. The van der Waals surface area contributed by atoms with Crippen molar-refractivity contribution in [3.8, 4) is 5.75 Å². The summed E-state index contributed by atoms with van der Waals surface area (Å²) in [4.78, 5) is 12.4. The standard InChI is InChI=1S/C16H19N3O4S/c1-23-11-5-7-12(8-6-11)24(21,22)10-9-17-16(20)15-13-3-2-4-14(13)18-19-15/h5-8H,2-4,9-10H2,1H3,(H,17,20)(H,18,19). The molecule has 7 nitrogen and oxygen atoms in total. The smallest absolute Gasteiger partial charge is 0.272 e. The Hall–Kier alpha value is -2.35. The largest absolute Gasteiger partial charge is 0.497 e. The summed E-state index contributed by atoms with van der Waals surface area (Å²) in [5.41, 5.74) is 2.33. The molecule has 0 radical (unpaired) electrons. The first kappa shape index (κ1) is 16.5. The van der Waals surface area contributed by atoms with E-state index in [1.54, 1.807) is 12.1 Å². The van der Waals surface area contributed by atoms with Crippen LogP contribution in [0.15, 0.2) is 29.2 Å². The molecule has 0 unspecified atom stereocenters. The molecule has 0 saturated carbocycles. The third-order valence-electron chi connectivity index (χ3n) is 4.10. The van der Waals surface area contributed by atoms with Gasteiger partial charge in [0.2, 0.25) is 0 Å². The second-order valence-electron chi connectivity index (χ2n) is 5.63. The molecule has 1 aromatic carbocycles. The summed E-state index contributed by atoms with van der Waals surface area (Å²) < 4.78 is 29.6. The Kier molecular flexibility index (Phi) is 4.57. The van der Waals surface area contributed by atoms with Crippen molar-refractivity contribution < 1.29 is 17.9 Å². The minimum Gasteiger partial charge on any atom is -0.497 e. The van der Waals surface area contributed by atoms with E-state index in [0.717, 1.165) is 30.5 Å². The van der Waals surface area contributed by atoms with Gasteiger partial charge in [-0.2, -0.15) is 5.10 Å². The number of fused-ring (bicyclic) bond motifs is 1. The molecule has 3 rings (SSSR count). The molecule has 24 heavy (non-hydrogen) atoms. The normalized spacial score (nSPS) is 13.5. The zero-order chi connectivity index (χ0) is 17.2. The third kappa shape index (κ3) is 3.28. The minimum absolute atomic E-state index is 0.0365. The molecule has 2 N–H and O–H groups in total. The van der Waals surface area contributed by atoms with Gasteiger partial charge in [0.1, 0.15) is 5.75 Å². The SMILES string of the molecule is COc1ccc(S(=O)(=O)CCNC(=O)c2n[nH]c3c2CCC3)cc1. The number of carbonyl (C=O) groups excluding carboxylic acids is 1. The van der Waals surface area contributed by atoms with Crippen LogP contribution in [-0.4, -0.2) is 43.9 Å². The number of amides is 1. The Morgan fingerprint density at radius 3 is 2.75 bits per heavy atom. The highest BCUT2D eigenvalue weighted by Crippen LogP contribution is 2.22. The van der Waals surface area contributed by atoms with E-state index in [9.17, 15) is 13.2 Å². The quantitative estimate of drug-likeness (QED) is 0.813. The average molecular weight is 349 g/mol. The lowest BCUT2D eigenvalue weighted by atomic mass is 10.2. The predicted molar refractivity (Wildman–Crippen MR) is 88.0 cm³/mol. The summed E-state index contributed by atoms with van der Waals surface area (Å²) in [7, 11) is -1.94. The fraction of sp³-hybridized carbons (Fsp3) is 0.375. The number of aromatic amines is 1. The molecule has 8 heteroatoms. The number of rotatable bonds is 6. The molecule has 0 bridgehead atoms. The molecule has 1 aromatic heterocycles. The van der Waals surface area contributed by atoms with Crippen LogP contribution < -0.4 is 10.1 Å². The van der Waals surface area contributed by atoms with Gasteiger partial charge < -0.3 is 10.1 Å². The molecule has 0 aliphatic heterocycles. The number of hydrogen-bond acceptors (Lipinski definition) is 5. The van der Waals surface area contributed by atoms with E-state index in [2.05, 4.69) is 15.5 Å². The Morgan fingerprint density at radius 2 is 2.04 bits per heavy atom. The lowest BCUT2D eigenvalue weighted by molar-refractivity contribution is 0.0950. The number of nitrogens with zero attached hydrogens (tertiary/aromatic N) is 1. The van der Waals surface area contributed by atoms with E-state index < -0.39 is 9.84 Å². The molecular weight excluding hydrogens is 330 g/mol. The van der Waals surface area contributed by atoms with Crippen molar-refractivity contribution in [1.82, 2.24) is 15.5 Å². The maximum Gasteiger partial charge on any atom is 0.272 e. The van der Waals surface area contributed by atoms with Crippen molar-refractivity contribution in [2.75, 3.05) is 19.4 Å². The molecule has 0 saturated heterocycles. The van der Waals surface area contributed by atoms with Crippen LogP contribution in [0, 0.1) is 0 Å². The molecule has 1 aliphatic rings. The third-order valence-corrected chi connectivity index (χ3v) is 5.83. The number of hydrogen-bond donors (Lipinski definition) is 2. The average Bonchev–Trinajstić information content (AvgIpc) is 3.17. The van der Waals surface area contributed by atoms with Gasteiger partial charge >= 0.3 is 0 Å². The fourth-order valence-corrected chi connectivity index (χ4v) is 3.95. The number of ether oxygens (including phenoxy) is 1. The highest BCUT2D eigenvalue weighted by molar-refractivity contribution is 7.91. The number of benzene rings is 1. The summed E-state index contributed by atoms with van der Waals surface area (Å²) >= 11 is 0. The zero-order valence-corrected chi connectivity index (χ0v) is 14.1. The van der Waals surface area contributed by atoms with Gasteiger partial charge in [0.25, 0.3) is 5.91 Å². The van der Waals surface area contributed by atoms with Crippen molar-refractivity contribution >= 4 is 15.7 Å².